The summed E-state index contributed by atoms with van der Waals surface area (Å²) in [4.78, 5) is 11.0. The molecule has 0 aliphatic rings. The first-order valence-electron chi connectivity index (χ1n) is 6.88. The van der Waals surface area contributed by atoms with Crippen LogP contribution in [0.4, 0.5) is 0 Å². The monoisotopic (exact) mass is 250 g/mol. The van der Waals surface area contributed by atoms with Gasteiger partial charge in [0, 0.05) is 6.42 Å². The maximum Gasteiger partial charge on any atom is 0.306 e. The van der Waals surface area contributed by atoms with Crippen molar-refractivity contribution < 1.29 is 9.53 Å². The average molecular weight is 250 g/mol. The number of esters is 1. The van der Waals surface area contributed by atoms with Crippen LogP contribution >= 0.6 is 0 Å². The molecule has 0 aliphatic carbocycles. The van der Waals surface area contributed by atoms with Crippen LogP contribution in [-0.4, -0.2) is 12.6 Å². The molecule has 0 bridgehead atoms. The molecule has 0 aromatic heterocycles. The normalized spacial score (nSPS) is 11.9. The Bertz CT molecular complexity index is 275. The summed E-state index contributed by atoms with van der Waals surface area (Å²) in [5.41, 5.74) is 0. The highest BCUT2D eigenvalue weighted by Crippen LogP contribution is 2.00. The minimum absolute atomic E-state index is 0.106. The van der Waals surface area contributed by atoms with Gasteiger partial charge in [0.25, 0.3) is 0 Å². The average Bonchev–Trinajstić information content (AvgIpc) is 2.36. The molecule has 0 amide bonds. The summed E-state index contributed by atoms with van der Waals surface area (Å²) in [6.45, 7) is 4.35. The highest BCUT2D eigenvalue weighted by atomic mass is 16.5. The molecule has 0 radical (unpaired) electrons. The van der Waals surface area contributed by atoms with E-state index in [2.05, 4.69) is 36.5 Å². The summed E-state index contributed by atoms with van der Waals surface area (Å²) in [5, 5.41) is 0. The van der Waals surface area contributed by atoms with Gasteiger partial charge in [0.15, 0.2) is 0 Å². The van der Waals surface area contributed by atoms with Crippen molar-refractivity contribution in [3.63, 3.8) is 0 Å². The summed E-state index contributed by atoms with van der Waals surface area (Å²) in [7, 11) is 0. The quantitative estimate of drug-likeness (QED) is 0.322. The Morgan fingerprint density at radius 1 is 0.889 bits per heavy atom. The minimum Gasteiger partial charge on any atom is -0.466 e. The predicted molar refractivity (Wildman–Crippen MR) is 77.4 cm³/mol. The SMILES string of the molecule is CC=CCCC=CCCC=CCCC(=O)OCC. The van der Waals surface area contributed by atoms with Crippen LogP contribution in [0.1, 0.15) is 52.4 Å². The topological polar surface area (TPSA) is 26.3 Å². The second kappa shape index (κ2) is 13.8. The second-order valence-corrected chi connectivity index (χ2v) is 4.01. The van der Waals surface area contributed by atoms with E-state index in [1.165, 1.54) is 0 Å². The lowest BCUT2D eigenvalue weighted by Crippen LogP contribution is -2.02. The number of hydrogen-bond acceptors (Lipinski definition) is 2. The van der Waals surface area contributed by atoms with E-state index in [0.717, 1.165) is 32.1 Å². The Morgan fingerprint density at radius 2 is 1.39 bits per heavy atom. The van der Waals surface area contributed by atoms with Crippen molar-refractivity contribution in [2.75, 3.05) is 6.61 Å². The zero-order valence-electron chi connectivity index (χ0n) is 11.7. The number of rotatable bonds is 10. The first kappa shape index (κ1) is 16.7. The van der Waals surface area contributed by atoms with Crippen molar-refractivity contribution in [3.05, 3.63) is 36.5 Å². The summed E-state index contributed by atoms with van der Waals surface area (Å²) in [6.07, 6.45) is 18.5. The van der Waals surface area contributed by atoms with Crippen molar-refractivity contribution in [3.8, 4) is 0 Å². The lowest BCUT2D eigenvalue weighted by Gasteiger charge is -1.97. The van der Waals surface area contributed by atoms with Crippen LogP contribution in [0.2, 0.25) is 0 Å². The summed E-state index contributed by atoms with van der Waals surface area (Å²) in [5.74, 6) is -0.106. The van der Waals surface area contributed by atoms with E-state index >= 15 is 0 Å². The Hall–Kier alpha value is -1.31. The van der Waals surface area contributed by atoms with E-state index in [9.17, 15) is 4.79 Å². The molecule has 2 heteroatoms. The molecule has 0 aromatic carbocycles. The standard InChI is InChI=1S/C16H26O2/c1-3-5-6-7-8-9-10-11-12-13-14-15-16(17)18-4-2/h3,5,8-9,12-13H,4,6-7,10-11,14-15H2,1-2H3. The first-order valence-corrected chi connectivity index (χ1v) is 6.88. The van der Waals surface area contributed by atoms with Crippen LogP contribution in [0.3, 0.4) is 0 Å². The van der Waals surface area contributed by atoms with Gasteiger partial charge >= 0.3 is 5.97 Å². The maximum atomic E-state index is 11.0. The van der Waals surface area contributed by atoms with E-state index in [1.807, 2.05) is 13.8 Å². The highest BCUT2D eigenvalue weighted by molar-refractivity contribution is 5.69. The number of unbranched alkanes of at least 4 members (excludes halogenated alkanes) is 2. The molecule has 0 rings (SSSR count). The van der Waals surface area contributed by atoms with Gasteiger partial charge < -0.3 is 4.74 Å². The smallest absolute Gasteiger partial charge is 0.306 e. The molecule has 0 unspecified atom stereocenters. The highest BCUT2D eigenvalue weighted by Gasteiger charge is 1.97. The van der Waals surface area contributed by atoms with E-state index in [4.69, 9.17) is 4.74 Å². The molecule has 2 nitrogen and oxygen atoms in total. The number of allylic oxidation sites excluding steroid dienone is 6. The zero-order chi connectivity index (χ0) is 13.5. The molecule has 18 heavy (non-hydrogen) atoms. The van der Waals surface area contributed by atoms with Crippen molar-refractivity contribution >= 4 is 5.97 Å². The summed E-state index contributed by atoms with van der Waals surface area (Å²) in [6, 6.07) is 0. The summed E-state index contributed by atoms with van der Waals surface area (Å²) < 4.78 is 4.84. The van der Waals surface area contributed by atoms with Crippen LogP contribution < -0.4 is 0 Å². The largest absolute Gasteiger partial charge is 0.466 e. The molecular formula is C16H26O2. The van der Waals surface area contributed by atoms with E-state index in [1.54, 1.807) is 0 Å². The Balaban J connectivity index is 3.35. The van der Waals surface area contributed by atoms with Gasteiger partial charge in [-0.1, -0.05) is 36.5 Å². The van der Waals surface area contributed by atoms with Gasteiger partial charge in [-0.05, 0) is 46.0 Å². The third-order valence-corrected chi connectivity index (χ3v) is 2.39. The number of carbonyl (C=O) groups excluding carboxylic acids is 1. The molecule has 0 fully saturated rings. The summed E-state index contributed by atoms with van der Waals surface area (Å²) >= 11 is 0. The van der Waals surface area contributed by atoms with Crippen LogP contribution in [0, 0.1) is 0 Å². The second-order valence-electron chi connectivity index (χ2n) is 4.01. The lowest BCUT2D eigenvalue weighted by molar-refractivity contribution is -0.142. The Morgan fingerprint density at radius 3 is 1.89 bits per heavy atom. The fourth-order valence-corrected chi connectivity index (χ4v) is 1.46. The predicted octanol–water partition coefficient (Wildman–Crippen LogP) is 4.58. The number of carbonyl (C=O) groups is 1. The fraction of sp³-hybridized carbons (Fsp3) is 0.562. The van der Waals surface area contributed by atoms with E-state index < -0.39 is 0 Å². The molecule has 0 spiro atoms. The van der Waals surface area contributed by atoms with Crippen LogP contribution in [0.25, 0.3) is 0 Å². The Kier molecular flexibility index (Phi) is 12.8. The van der Waals surface area contributed by atoms with Gasteiger partial charge in [0.05, 0.1) is 6.61 Å². The van der Waals surface area contributed by atoms with Crippen molar-refractivity contribution in [1.29, 1.82) is 0 Å². The molecular weight excluding hydrogens is 224 g/mol. The van der Waals surface area contributed by atoms with E-state index in [0.29, 0.717) is 13.0 Å². The van der Waals surface area contributed by atoms with Gasteiger partial charge in [0.2, 0.25) is 0 Å². The third kappa shape index (κ3) is 12.8. The third-order valence-electron chi connectivity index (χ3n) is 2.39. The van der Waals surface area contributed by atoms with Gasteiger partial charge in [-0.3, -0.25) is 4.79 Å². The molecule has 0 N–H and O–H groups in total. The van der Waals surface area contributed by atoms with Gasteiger partial charge in [-0.25, -0.2) is 0 Å². The number of ether oxygens (including phenoxy) is 1. The van der Waals surface area contributed by atoms with E-state index in [-0.39, 0.29) is 5.97 Å². The van der Waals surface area contributed by atoms with Gasteiger partial charge in [-0.15, -0.1) is 0 Å². The maximum absolute atomic E-state index is 11.0. The molecule has 0 aromatic rings. The van der Waals surface area contributed by atoms with Crippen molar-refractivity contribution in [1.82, 2.24) is 0 Å². The fourth-order valence-electron chi connectivity index (χ4n) is 1.46. The molecule has 0 heterocycles. The Labute approximate surface area is 111 Å². The van der Waals surface area contributed by atoms with Gasteiger partial charge in [0.1, 0.15) is 0 Å². The van der Waals surface area contributed by atoms with Gasteiger partial charge in [-0.2, -0.15) is 0 Å². The molecule has 0 saturated heterocycles. The first-order chi connectivity index (χ1) is 8.81. The molecule has 0 saturated carbocycles. The van der Waals surface area contributed by atoms with Crippen LogP contribution in [-0.2, 0) is 9.53 Å². The van der Waals surface area contributed by atoms with Crippen molar-refractivity contribution in [2.24, 2.45) is 0 Å². The zero-order valence-corrected chi connectivity index (χ0v) is 11.7. The lowest BCUT2D eigenvalue weighted by atomic mass is 10.2. The van der Waals surface area contributed by atoms with Crippen LogP contribution in [0.15, 0.2) is 36.5 Å². The number of hydrogen-bond donors (Lipinski definition) is 0. The van der Waals surface area contributed by atoms with Crippen molar-refractivity contribution in [2.45, 2.75) is 52.4 Å². The molecule has 102 valence electrons. The molecule has 0 atom stereocenters. The van der Waals surface area contributed by atoms with Crippen LogP contribution in [0.5, 0.6) is 0 Å². The molecule has 0 aliphatic heterocycles. The minimum atomic E-state index is -0.106.